The molecule has 1 saturated heterocycles. The lowest BCUT2D eigenvalue weighted by atomic mass is 9.92. The highest BCUT2D eigenvalue weighted by atomic mass is 16.5. The zero-order chi connectivity index (χ0) is 20.9. The molecule has 163 valence electrons. The van der Waals surface area contributed by atoms with Crippen LogP contribution >= 0.6 is 0 Å². The average molecular weight is 417 g/mol. The van der Waals surface area contributed by atoms with E-state index in [1.54, 1.807) is 0 Å². The third-order valence-electron chi connectivity index (χ3n) is 8.08. The Morgan fingerprint density at radius 1 is 1.16 bits per heavy atom. The van der Waals surface area contributed by atoms with Crippen molar-refractivity contribution in [3.05, 3.63) is 53.9 Å². The number of ether oxygens (including phenoxy) is 1. The Kier molecular flexibility index (Phi) is 5.03. The molecule has 5 atom stereocenters. The fourth-order valence-electron chi connectivity index (χ4n) is 6.37. The van der Waals surface area contributed by atoms with Crippen LogP contribution in [0.15, 0.2) is 36.4 Å². The Balaban J connectivity index is 1.21. The second kappa shape index (κ2) is 7.90. The van der Waals surface area contributed by atoms with Crippen molar-refractivity contribution in [1.29, 1.82) is 0 Å². The van der Waals surface area contributed by atoms with Gasteiger partial charge in [-0.25, -0.2) is 4.98 Å². The quantitative estimate of drug-likeness (QED) is 0.683. The summed E-state index contributed by atoms with van der Waals surface area (Å²) in [6.45, 7) is 5.55. The molecule has 3 fully saturated rings. The number of allylic oxidation sites excluding steroid dienone is 4. The van der Waals surface area contributed by atoms with E-state index in [1.807, 2.05) is 7.11 Å². The average Bonchev–Trinajstić information content (AvgIpc) is 3.44. The molecule has 0 N–H and O–H groups in total. The van der Waals surface area contributed by atoms with Crippen molar-refractivity contribution >= 4 is 11.0 Å². The predicted molar refractivity (Wildman–Crippen MR) is 124 cm³/mol. The third-order valence-corrected chi connectivity index (χ3v) is 8.08. The van der Waals surface area contributed by atoms with Gasteiger partial charge in [0, 0.05) is 32.7 Å². The number of fused-ring (bicyclic) bond motifs is 2. The monoisotopic (exact) mass is 416 g/mol. The van der Waals surface area contributed by atoms with Crippen molar-refractivity contribution in [2.75, 3.05) is 26.7 Å². The van der Waals surface area contributed by atoms with Crippen LogP contribution in [0.1, 0.15) is 55.5 Å². The molecule has 1 aromatic heterocycles. The molecule has 2 unspecified atom stereocenters. The van der Waals surface area contributed by atoms with Gasteiger partial charge in [0.05, 0.1) is 23.2 Å². The molecule has 1 aromatic carbocycles. The van der Waals surface area contributed by atoms with Gasteiger partial charge < -0.3 is 14.2 Å². The topological polar surface area (TPSA) is 30.3 Å². The number of benzene rings is 1. The summed E-state index contributed by atoms with van der Waals surface area (Å²) in [6, 6.07) is 7.14. The maximum Gasteiger partial charge on any atom is 0.113 e. The minimum absolute atomic E-state index is 0.224. The molecule has 2 aromatic rings. The molecule has 0 spiro atoms. The van der Waals surface area contributed by atoms with Gasteiger partial charge in [-0.15, -0.1) is 0 Å². The Labute approximate surface area is 186 Å². The van der Waals surface area contributed by atoms with Crippen LogP contribution in [0.3, 0.4) is 0 Å². The van der Waals surface area contributed by atoms with Crippen LogP contribution < -0.4 is 0 Å². The summed E-state index contributed by atoms with van der Waals surface area (Å²) >= 11 is 0. The fourth-order valence-corrected chi connectivity index (χ4v) is 6.37. The number of aryl methyl sites for hydroxylation is 1. The van der Waals surface area contributed by atoms with Gasteiger partial charge in [0.15, 0.2) is 0 Å². The van der Waals surface area contributed by atoms with Crippen molar-refractivity contribution in [2.24, 2.45) is 17.8 Å². The second-order valence-electron chi connectivity index (χ2n) is 10.4. The van der Waals surface area contributed by atoms with Crippen LogP contribution in [0.5, 0.6) is 0 Å². The largest absolute Gasteiger partial charge is 0.378 e. The Morgan fingerprint density at radius 2 is 2.03 bits per heavy atom. The first-order valence-electron chi connectivity index (χ1n) is 12.2. The van der Waals surface area contributed by atoms with Gasteiger partial charge in [-0.1, -0.05) is 24.3 Å². The molecule has 4 aliphatic rings. The molecule has 2 saturated carbocycles. The number of hydrogen-bond acceptors (Lipinski definition) is 3. The molecule has 1 aliphatic heterocycles. The first-order valence-corrected chi connectivity index (χ1v) is 12.2. The first-order chi connectivity index (χ1) is 15.2. The maximum absolute atomic E-state index is 6.13. The molecule has 6 rings (SSSR count). The Bertz CT molecular complexity index is 997. The van der Waals surface area contributed by atoms with Crippen LogP contribution in [0.2, 0.25) is 0 Å². The van der Waals surface area contributed by atoms with Gasteiger partial charge in [-0.3, -0.25) is 0 Å². The van der Waals surface area contributed by atoms with E-state index in [1.165, 1.54) is 49.1 Å². The van der Waals surface area contributed by atoms with Crippen molar-refractivity contribution in [1.82, 2.24) is 14.5 Å². The lowest BCUT2D eigenvalue weighted by Crippen LogP contribution is -2.47. The van der Waals surface area contributed by atoms with Crippen molar-refractivity contribution < 1.29 is 4.74 Å². The number of nitrogens with zero attached hydrogens (tertiary/aromatic N) is 3. The van der Waals surface area contributed by atoms with Crippen molar-refractivity contribution in [2.45, 2.75) is 57.1 Å². The lowest BCUT2D eigenvalue weighted by molar-refractivity contribution is -0.00977. The summed E-state index contributed by atoms with van der Waals surface area (Å²) in [7, 11) is 1.90. The molecule has 1 radical (unpaired) electrons. The number of hydrogen-bond donors (Lipinski definition) is 0. The van der Waals surface area contributed by atoms with Gasteiger partial charge in [0.1, 0.15) is 5.82 Å². The van der Waals surface area contributed by atoms with E-state index in [-0.39, 0.29) is 6.10 Å². The zero-order valence-electron chi connectivity index (χ0n) is 18.8. The van der Waals surface area contributed by atoms with Crippen LogP contribution in [-0.4, -0.2) is 47.3 Å². The first kappa shape index (κ1) is 19.8. The number of likely N-dealkylation sites (tertiary alicyclic amines) is 1. The highest BCUT2D eigenvalue weighted by Crippen LogP contribution is 2.44. The molecular formula is C27H34N3O. The van der Waals surface area contributed by atoms with Gasteiger partial charge in [-0.05, 0) is 80.6 Å². The third kappa shape index (κ3) is 3.68. The highest BCUT2D eigenvalue weighted by Gasteiger charge is 2.39. The summed E-state index contributed by atoms with van der Waals surface area (Å²) in [5.74, 6) is 4.19. The van der Waals surface area contributed by atoms with Crippen LogP contribution in [-0.2, 0) is 4.74 Å². The van der Waals surface area contributed by atoms with Crippen LogP contribution in [0.25, 0.3) is 11.0 Å². The Hall–Kier alpha value is -1.91. The standard InChI is InChI=1S/C27H34N3O/c1-18-7-10-24-23(13-18)28-27(20-8-9-20)30(24)25-11-12-29(17-26(25)31-2)16-19-14-21-5-3-4-6-22(21)15-19/h3,5-7,10,13,19-22,25-26H,8-9,11-12,14-17H2,1-2H3/t19-,21?,22?,25-,26-/m0/s1. The number of methoxy groups -OCH3 is 1. The minimum Gasteiger partial charge on any atom is -0.378 e. The predicted octanol–water partition coefficient (Wildman–Crippen LogP) is 5.06. The molecule has 4 heteroatoms. The summed E-state index contributed by atoms with van der Waals surface area (Å²) in [4.78, 5) is 7.77. The van der Waals surface area contributed by atoms with Gasteiger partial charge >= 0.3 is 0 Å². The van der Waals surface area contributed by atoms with Crippen LogP contribution in [0, 0.1) is 30.8 Å². The summed E-state index contributed by atoms with van der Waals surface area (Å²) < 4.78 is 8.69. The molecule has 0 bridgehead atoms. The maximum atomic E-state index is 6.13. The van der Waals surface area contributed by atoms with Crippen molar-refractivity contribution in [3.63, 3.8) is 0 Å². The minimum atomic E-state index is 0.224. The summed E-state index contributed by atoms with van der Waals surface area (Å²) in [6.07, 6.45) is 16.7. The zero-order valence-corrected chi connectivity index (χ0v) is 18.8. The highest BCUT2D eigenvalue weighted by molar-refractivity contribution is 5.77. The van der Waals surface area contributed by atoms with E-state index < -0.39 is 0 Å². The van der Waals surface area contributed by atoms with E-state index in [0.29, 0.717) is 17.9 Å². The van der Waals surface area contributed by atoms with Crippen molar-refractivity contribution in [3.8, 4) is 0 Å². The number of imidazole rings is 1. The van der Waals surface area contributed by atoms with E-state index in [0.717, 1.165) is 36.9 Å². The van der Waals surface area contributed by atoms with Gasteiger partial charge in [0.2, 0.25) is 0 Å². The van der Waals surface area contributed by atoms with Gasteiger partial charge in [-0.2, -0.15) is 0 Å². The van der Waals surface area contributed by atoms with E-state index in [4.69, 9.17) is 9.72 Å². The molecular weight excluding hydrogens is 382 g/mol. The molecule has 31 heavy (non-hydrogen) atoms. The number of aromatic nitrogens is 2. The fraction of sp³-hybridized carbons (Fsp3) is 0.593. The summed E-state index contributed by atoms with van der Waals surface area (Å²) in [5, 5.41) is 0. The molecule has 0 amide bonds. The second-order valence-corrected chi connectivity index (χ2v) is 10.4. The molecule has 4 nitrogen and oxygen atoms in total. The van der Waals surface area contributed by atoms with Gasteiger partial charge in [0.25, 0.3) is 0 Å². The van der Waals surface area contributed by atoms with E-state index in [9.17, 15) is 0 Å². The van der Waals surface area contributed by atoms with E-state index in [2.05, 4.69) is 58.9 Å². The lowest BCUT2D eigenvalue weighted by Gasteiger charge is -2.40. The Morgan fingerprint density at radius 3 is 2.84 bits per heavy atom. The SMILES string of the molecule is CO[C@H]1CN(C[C@@H]2CC3C=[C]C=CC3C2)CC[C@@H]1n1c(C2CC2)nc2cc(C)ccc21. The molecule has 3 aliphatic carbocycles. The number of rotatable bonds is 5. The summed E-state index contributed by atoms with van der Waals surface area (Å²) in [5.41, 5.74) is 3.74. The number of piperidine rings is 1. The van der Waals surface area contributed by atoms with E-state index >= 15 is 0 Å². The molecule has 2 heterocycles. The van der Waals surface area contributed by atoms with Crippen LogP contribution in [0.4, 0.5) is 0 Å². The normalized spacial score (nSPS) is 33.3. The smallest absolute Gasteiger partial charge is 0.113 e.